The first-order valence-corrected chi connectivity index (χ1v) is 12.6. The van der Waals surface area contributed by atoms with E-state index in [1.807, 2.05) is 0 Å². The molecule has 0 fully saturated rings. The zero-order chi connectivity index (χ0) is 17.4. The summed E-state index contributed by atoms with van der Waals surface area (Å²) < 4.78 is 16.8. The number of rotatable bonds is 12. The first-order chi connectivity index (χ1) is 9.96. The summed E-state index contributed by atoms with van der Waals surface area (Å²) in [6.07, 6.45) is 7.83. The summed E-state index contributed by atoms with van der Waals surface area (Å²) in [6.45, 7) is 14.9. The third kappa shape index (κ3) is 9.49. The Labute approximate surface area is 141 Å². The predicted octanol–water partition coefficient (Wildman–Crippen LogP) is 7.61. The van der Waals surface area contributed by atoms with Gasteiger partial charge in [0.2, 0.25) is 0 Å². The summed E-state index contributed by atoms with van der Waals surface area (Å²) in [4.78, 5) is 0. The standard InChI is InChI=1S/C20H44FP/c1-17(2)9-13-22(21,14-10-18(3)4,15-11-19(5)6)16-12-20(7)8/h17-20H,9-16H2,1-8H3. The Morgan fingerprint density at radius 1 is 0.500 bits per heavy atom. The molecule has 2 heteroatoms. The summed E-state index contributed by atoms with van der Waals surface area (Å²) in [5.74, 6) is 2.48. The Kier molecular flexibility index (Phi) is 9.76. The molecule has 0 aliphatic heterocycles. The summed E-state index contributed by atoms with van der Waals surface area (Å²) in [6, 6.07) is 0. The molecule has 22 heavy (non-hydrogen) atoms. The van der Waals surface area contributed by atoms with Crippen molar-refractivity contribution in [3.05, 3.63) is 0 Å². The molecule has 0 unspecified atom stereocenters. The van der Waals surface area contributed by atoms with Crippen LogP contribution < -0.4 is 0 Å². The SMILES string of the molecule is CC(C)CCP(F)(CCC(C)C)(CCC(C)C)CCC(C)C. The van der Waals surface area contributed by atoms with E-state index in [-0.39, 0.29) is 0 Å². The fourth-order valence-corrected chi connectivity index (χ4v) is 8.98. The monoisotopic (exact) mass is 334 g/mol. The van der Waals surface area contributed by atoms with Gasteiger partial charge in [0, 0.05) is 0 Å². The average Bonchev–Trinajstić information content (AvgIpc) is 2.40. The van der Waals surface area contributed by atoms with Crippen LogP contribution in [-0.4, -0.2) is 24.6 Å². The Morgan fingerprint density at radius 3 is 0.818 bits per heavy atom. The molecule has 0 spiro atoms. The van der Waals surface area contributed by atoms with Crippen molar-refractivity contribution >= 4 is 6.91 Å². The van der Waals surface area contributed by atoms with Gasteiger partial charge >= 0.3 is 141 Å². The zero-order valence-electron chi connectivity index (χ0n) is 16.8. The number of hydrogen-bond donors (Lipinski definition) is 0. The van der Waals surface area contributed by atoms with Gasteiger partial charge in [-0.25, -0.2) is 0 Å². The predicted molar refractivity (Wildman–Crippen MR) is 105 cm³/mol. The Balaban J connectivity index is 5.24. The third-order valence-corrected chi connectivity index (χ3v) is 10.6. The van der Waals surface area contributed by atoms with Crippen LogP contribution in [0.3, 0.4) is 0 Å². The van der Waals surface area contributed by atoms with Gasteiger partial charge < -0.3 is 0 Å². The average molecular weight is 335 g/mol. The van der Waals surface area contributed by atoms with Crippen molar-refractivity contribution in [3.63, 3.8) is 0 Å². The van der Waals surface area contributed by atoms with Gasteiger partial charge in [-0.2, -0.15) is 0 Å². The van der Waals surface area contributed by atoms with E-state index in [4.69, 9.17) is 0 Å². The van der Waals surface area contributed by atoms with Crippen LogP contribution in [0.25, 0.3) is 0 Å². The van der Waals surface area contributed by atoms with Crippen molar-refractivity contribution in [2.75, 3.05) is 24.6 Å². The van der Waals surface area contributed by atoms with Gasteiger partial charge in [0.05, 0.1) is 0 Å². The van der Waals surface area contributed by atoms with E-state index >= 15 is 4.20 Å². The van der Waals surface area contributed by atoms with E-state index in [9.17, 15) is 0 Å². The van der Waals surface area contributed by atoms with Crippen LogP contribution in [0.15, 0.2) is 0 Å². The first-order valence-electron chi connectivity index (χ1n) is 9.69. The van der Waals surface area contributed by atoms with Crippen LogP contribution in [0, 0.1) is 23.7 Å². The molecule has 0 atom stereocenters. The maximum absolute atomic E-state index is 16.8. The molecule has 136 valence electrons. The molecule has 0 rings (SSSR count). The van der Waals surface area contributed by atoms with Crippen LogP contribution in [-0.2, 0) is 0 Å². The molecule has 0 nitrogen and oxygen atoms in total. The normalized spacial score (nSPS) is 15.0. The van der Waals surface area contributed by atoms with Gasteiger partial charge in [-0.05, 0) is 0 Å². The number of halogens is 1. The van der Waals surface area contributed by atoms with Crippen LogP contribution in [0.1, 0.15) is 81.1 Å². The molecule has 0 saturated heterocycles. The Bertz CT molecular complexity index is 235. The van der Waals surface area contributed by atoms with Crippen LogP contribution in [0.2, 0.25) is 0 Å². The summed E-state index contributed by atoms with van der Waals surface area (Å²) >= 11 is 0. The van der Waals surface area contributed by atoms with E-state index in [0.29, 0.717) is 23.7 Å². The Hall–Kier alpha value is 0.360. The topological polar surface area (TPSA) is 0 Å². The first kappa shape index (κ1) is 22.4. The van der Waals surface area contributed by atoms with Crippen molar-refractivity contribution in [1.29, 1.82) is 0 Å². The summed E-state index contributed by atoms with van der Waals surface area (Å²) in [5, 5.41) is 0. The van der Waals surface area contributed by atoms with Crippen molar-refractivity contribution < 1.29 is 4.20 Å². The van der Waals surface area contributed by atoms with E-state index in [0.717, 1.165) is 50.3 Å². The van der Waals surface area contributed by atoms with E-state index < -0.39 is 6.91 Å². The molecule has 0 N–H and O–H groups in total. The molecule has 0 aromatic heterocycles. The molecule has 0 amide bonds. The molecule has 0 aliphatic carbocycles. The van der Waals surface area contributed by atoms with Gasteiger partial charge in [-0.15, -0.1) is 0 Å². The van der Waals surface area contributed by atoms with Gasteiger partial charge in [-0.3, -0.25) is 0 Å². The second-order valence-electron chi connectivity index (χ2n) is 9.44. The molecule has 0 bridgehead atoms. The molecule has 0 radical (unpaired) electrons. The van der Waals surface area contributed by atoms with E-state index in [1.54, 1.807) is 0 Å². The second kappa shape index (κ2) is 9.61. The minimum atomic E-state index is -3.04. The Morgan fingerprint density at radius 2 is 0.682 bits per heavy atom. The molecule has 0 heterocycles. The van der Waals surface area contributed by atoms with Gasteiger partial charge in [0.15, 0.2) is 0 Å². The number of hydrogen-bond acceptors (Lipinski definition) is 0. The quantitative estimate of drug-likeness (QED) is 0.322. The molecule has 0 aliphatic rings. The second-order valence-corrected chi connectivity index (χ2v) is 14.9. The van der Waals surface area contributed by atoms with Gasteiger partial charge in [0.25, 0.3) is 0 Å². The molecule has 0 saturated carbocycles. The van der Waals surface area contributed by atoms with Crippen LogP contribution >= 0.6 is 6.91 Å². The fraction of sp³-hybridized carbons (Fsp3) is 1.00. The van der Waals surface area contributed by atoms with E-state index in [1.165, 1.54) is 0 Å². The minimum absolute atomic E-state index is 0.620. The van der Waals surface area contributed by atoms with E-state index in [2.05, 4.69) is 55.4 Å². The van der Waals surface area contributed by atoms with Crippen LogP contribution in [0.4, 0.5) is 4.20 Å². The molecule has 0 aromatic rings. The van der Waals surface area contributed by atoms with Crippen molar-refractivity contribution in [2.24, 2.45) is 23.7 Å². The zero-order valence-corrected chi connectivity index (χ0v) is 17.7. The molecular weight excluding hydrogens is 290 g/mol. The summed E-state index contributed by atoms with van der Waals surface area (Å²) in [5.41, 5.74) is 0. The maximum atomic E-state index is 16.8. The van der Waals surface area contributed by atoms with Gasteiger partial charge in [0.1, 0.15) is 0 Å². The molecule has 0 aromatic carbocycles. The van der Waals surface area contributed by atoms with Gasteiger partial charge in [-0.1, -0.05) is 0 Å². The van der Waals surface area contributed by atoms with Crippen molar-refractivity contribution in [2.45, 2.75) is 81.1 Å². The summed E-state index contributed by atoms with van der Waals surface area (Å²) in [7, 11) is 0. The van der Waals surface area contributed by atoms with Crippen molar-refractivity contribution in [3.8, 4) is 0 Å². The van der Waals surface area contributed by atoms with Crippen LogP contribution in [0.5, 0.6) is 0 Å². The third-order valence-electron chi connectivity index (χ3n) is 5.06. The fourth-order valence-electron chi connectivity index (χ4n) is 2.99. The van der Waals surface area contributed by atoms with Crippen molar-refractivity contribution in [1.82, 2.24) is 0 Å². The molecular formula is C20H44FP.